The number of nitrogens with one attached hydrogen (secondary N) is 1. The van der Waals surface area contributed by atoms with Crippen molar-refractivity contribution in [2.45, 2.75) is 51.6 Å². The number of carbonyl (C=O) groups excluding carboxylic acids is 3. The number of amides is 2. The number of ketones is 1. The molecule has 0 spiro atoms. The van der Waals surface area contributed by atoms with E-state index in [4.69, 9.17) is 9.15 Å². The molecule has 1 fully saturated rings. The minimum Gasteiger partial charge on any atom is -0.494 e. The summed E-state index contributed by atoms with van der Waals surface area (Å²) in [4.78, 5) is 40.7. The third-order valence-corrected chi connectivity index (χ3v) is 6.22. The maximum atomic E-state index is 13.8. The molecule has 1 N–H and O–H groups in total. The molecule has 1 heterocycles. The lowest BCUT2D eigenvalue weighted by molar-refractivity contribution is -0.123. The molecule has 1 aliphatic rings. The van der Waals surface area contributed by atoms with Crippen LogP contribution < -0.4 is 15.0 Å². The molecule has 1 aliphatic carbocycles. The number of hydrogen-bond donors (Lipinski definition) is 1. The largest absolute Gasteiger partial charge is 0.494 e. The highest BCUT2D eigenvalue weighted by Gasteiger charge is 2.35. The molecule has 7 heteroatoms. The summed E-state index contributed by atoms with van der Waals surface area (Å²) in [5.41, 5.74) is 1.64. The smallest absolute Gasteiger partial charge is 0.294 e. The van der Waals surface area contributed by atoms with Crippen LogP contribution in [-0.2, 0) is 4.79 Å². The van der Waals surface area contributed by atoms with Gasteiger partial charge >= 0.3 is 0 Å². The van der Waals surface area contributed by atoms with Gasteiger partial charge in [-0.05, 0) is 80.8 Å². The van der Waals surface area contributed by atoms with Gasteiger partial charge in [0, 0.05) is 17.3 Å². The molecule has 0 radical (unpaired) electrons. The van der Waals surface area contributed by atoms with Crippen molar-refractivity contribution in [2.75, 3.05) is 11.5 Å². The lowest BCUT2D eigenvalue weighted by Crippen LogP contribution is -2.46. The average molecular weight is 475 g/mol. The quantitative estimate of drug-likeness (QED) is 0.424. The van der Waals surface area contributed by atoms with Crippen molar-refractivity contribution in [2.24, 2.45) is 0 Å². The second kappa shape index (κ2) is 11.0. The van der Waals surface area contributed by atoms with Crippen molar-refractivity contribution in [1.29, 1.82) is 0 Å². The van der Waals surface area contributed by atoms with Crippen molar-refractivity contribution in [3.05, 3.63) is 83.8 Å². The molecule has 2 aromatic carbocycles. The minimum atomic E-state index is -0.952. The van der Waals surface area contributed by atoms with Crippen LogP contribution in [0.25, 0.3) is 0 Å². The summed E-state index contributed by atoms with van der Waals surface area (Å²) < 4.78 is 11.0. The lowest BCUT2D eigenvalue weighted by atomic mass is 10.0. The van der Waals surface area contributed by atoms with E-state index in [2.05, 4.69) is 5.32 Å². The molecular weight excluding hydrogens is 444 g/mol. The highest BCUT2D eigenvalue weighted by atomic mass is 16.5. The number of furan rings is 1. The number of hydrogen-bond acceptors (Lipinski definition) is 5. The summed E-state index contributed by atoms with van der Waals surface area (Å²) in [5.74, 6) is -0.00341. The van der Waals surface area contributed by atoms with Gasteiger partial charge in [0.15, 0.2) is 11.5 Å². The number of benzene rings is 2. The first-order valence-electron chi connectivity index (χ1n) is 12.0. The first-order chi connectivity index (χ1) is 17.0. The highest BCUT2D eigenvalue weighted by molar-refractivity contribution is 6.09. The van der Waals surface area contributed by atoms with Crippen molar-refractivity contribution in [3.8, 4) is 5.75 Å². The van der Waals surface area contributed by atoms with Crippen molar-refractivity contribution < 1.29 is 23.5 Å². The van der Waals surface area contributed by atoms with Gasteiger partial charge in [0.05, 0.1) is 12.9 Å². The fraction of sp³-hybridized carbons (Fsp3) is 0.321. The summed E-state index contributed by atoms with van der Waals surface area (Å²) >= 11 is 0. The summed E-state index contributed by atoms with van der Waals surface area (Å²) in [6.45, 7) is 3.91. The van der Waals surface area contributed by atoms with Crippen LogP contribution in [0.15, 0.2) is 71.3 Å². The normalized spacial score (nSPS) is 14.3. The second-order valence-corrected chi connectivity index (χ2v) is 8.65. The molecule has 182 valence electrons. The Bertz CT molecular complexity index is 1150. The molecule has 2 amide bonds. The second-order valence-electron chi connectivity index (χ2n) is 8.65. The fourth-order valence-corrected chi connectivity index (χ4v) is 4.44. The topological polar surface area (TPSA) is 88.8 Å². The third kappa shape index (κ3) is 5.62. The molecule has 1 saturated carbocycles. The van der Waals surface area contributed by atoms with Crippen LogP contribution in [0.4, 0.5) is 5.69 Å². The van der Waals surface area contributed by atoms with E-state index in [9.17, 15) is 14.4 Å². The number of Topliss-reactive ketones (excluding diaryl/α,β-unsaturated/α-hetero) is 1. The van der Waals surface area contributed by atoms with Gasteiger partial charge < -0.3 is 14.5 Å². The highest BCUT2D eigenvalue weighted by Crippen LogP contribution is 2.32. The SMILES string of the molecule is CCOc1ccc([C@H](C(=O)NC2CCCC2)N(C(=O)c2ccco2)c2ccc(C(C)=O)cc2)cc1. The van der Waals surface area contributed by atoms with Crippen LogP contribution in [0.3, 0.4) is 0 Å². The molecule has 3 aromatic rings. The Kier molecular flexibility index (Phi) is 7.65. The summed E-state index contributed by atoms with van der Waals surface area (Å²) in [6.07, 6.45) is 5.40. The van der Waals surface area contributed by atoms with Gasteiger partial charge in [-0.3, -0.25) is 19.3 Å². The van der Waals surface area contributed by atoms with Gasteiger partial charge in [-0.1, -0.05) is 25.0 Å². The van der Waals surface area contributed by atoms with Gasteiger partial charge in [0.2, 0.25) is 5.91 Å². The molecule has 0 bridgehead atoms. The van der Waals surface area contributed by atoms with E-state index < -0.39 is 11.9 Å². The monoisotopic (exact) mass is 474 g/mol. The molecule has 0 unspecified atom stereocenters. The van der Waals surface area contributed by atoms with E-state index in [1.165, 1.54) is 18.1 Å². The molecule has 35 heavy (non-hydrogen) atoms. The van der Waals surface area contributed by atoms with E-state index in [1.807, 2.05) is 6.92 Å². The van der Waals surface area contributed by atoms with Crippen LogP contribution in [0.1, 0.15) is 72.0 Å². The van der Waals surface area contributed by atoms with E-state index in [0.717, 1.165) is 25.7 Å². The van der Waals surface area contributed by atoms with Crippen molar-refractivity contribution in [3.63, 3.8) is 0 Å². The van der Waals surface area contributed by atoms with Gasteiger partial charge in [-0.2, -0.15) is 0 Å². The van der Waals surface area contributed by atoms with Gasteiger partial charge in [-0.25, -0.2) is 0 Å². The van der Waals surface area contributed by atoms with E-state index in [0.29, 0.717) is 29.2 Å². The summed E-state index contributed by atoms with van der Waals surface area (Å²) in [7, 11) is 0. The molecule has 0 saturated heterocycles. The fourth-order valence-electron chi connectivity index (χ4n) is 4.44. The number of ether oxygens (including phenoxy) is 1. The zero-order chi connectivity index (χ0) is 24.8. The minimum absolute atomic E-state index is 0.0772. The molecule has 1 aromatic heterocycles. The molecule has 1 atom stereocenters. The Hall–Kier alpha value is -3.87. The van der Waals surface area contributed by atoms with E-state index in [-0.39, 0.29) is 23.5 Å². The first kappa shape index (κ1) is 24.3. The third-order valence-electron chi connectivity index (χ3n) is 6.22. The maximum Gasteiger partial charge on any atom is 0.294 e. The average Bonchev–Trinajstić information content (AvgIpc) is 3.58. The number of carbonyl (C=O) groups is 3. The Balaban J connectivity index is 1.79. The zero-order valence-electron chi connectivity index (χ0n) is 20.0. The number of rotatable bonds is 9. The summed E-state index contributed by atoms with van der Waals surface area (Å²) in [5, 5.41) is 3.15. The molecule has 0 aliphatic heterocycles. The van der Waals surface area contributed by atoms with E-state index in [1.54, 1.807) is 60.7 Å². The number of anilines is 1. The van der Waals surface area contributed by atoms with Crippen LogP contribution >= 0.6 is 0 Å². The van der Waals surface area contributed by atoms with Crippen LogP contribution in [0, 0.1) is 0 Å². The van der Waals surface area contributed by atoms with Gasteiger partial charge in [-0.15, -0.1) is 0 Å². The summed E-state index contributed by atoms with van der Waals surface area (Å²) in [6, 6.07) is 16.2. The predicted octanol–water partition coefficient (Wildman–Crippen LogP) is 5.33. The van der Waals surface area contributed by atoms with Crippen LogP contribution in [-0.4, -0.2) is 30.2 Å². The van der Waals surface area contributed by atoms with Crippen molar-refractivity contribution >= 4 is 23.3 Å². The molecule has 4 rings (SSSR count). The molecule has 7 nitrogen and oxygen atoms in total. The van der Waals surface area contributed by atoms with Gasteiger partial charge in [0.25, 0.3) is 5.91 Å². The molecular formula is C28H30N2O5. The number of nitrogens with zero attached hydrogens (tertiary/aromatic N) is 1. The first-order valence-corrected chi connectivity index (χ1v) is 12.0. The standard InChI is InChI=1S/C28H30N2O5/c1-3-34-24-16-12-21(13-17-24)26(27(32)29-22-7-4-5-8-22)30(28(33)25-9-6-18-35-25)23-14-10-20(11-15-23)19(2)31/h6,9-18,22,26H,3-5,7-8H2,1-2H3,(H,29,32)/t26-/m1/s1. The van der Waals surface area contributed by atoms with Gasteiger partial charge in [0.1, 0.15) is 11.8 Å². The van der Waals surface area contributed by atoms with Crippen LogP contribution in [0.5, 0.6) is 5.75 Å². The van der Waals surface area contributed by atoms with Crippen molar-refractivity contribution in [1.82, 2.24) is 5.32 Å². The zero-order valence-corrected chi connectivity index (χ0v) is 20.0. The Labute approximate surface area is 205 Å². The lowest BCUT2D eigenvalue weighted by Gasteiger charge is -2.32. The maximum absolute atomic E-state index is 13.8. The van der Waals surface area contributed by atoms with E-state index >= 15 is 0 Å². The van der Waals surface area contributed by atoms with Crippen LogP contribution in [0.2, 0.25) is 0 Å². The Morgan fingerprint density at radius 1 is 1.03 bits per heavy atom. The Morgan fingerprint density at radius 3 is 2.29 bits per heavy atom. The predicted molar refractivity (Wildman–Crippen MR) is 133 cm³/mol. The Morgan fingerprint density at radius 2 is 1.71 bits per heavy atom.